The standard InChI is InChI=1S/C24H18Cl2F2O4/c1-30-23-12-15(2-10-21(29)16-5-8-19(9-6-16)32-24(27)28)3-11-22(23)31-14-17-4-7-18(25)13-20(17)26/h2-13,24H,14H2,1H3. The number of benzene rings is 3. The second-order valence-corrected chi connectivity index (χ2v) is 7.38. The molecule has 0 atom stereocenters. The molecule has 0 spiro atoms. The summed E-state index contributed by atoms with van der Waals surface area (Å²) in [5, 5.41) is 1.04. The van der Waals surface area contributed by atoms with Crippen molar-refractivity contribution in [3.05, 3.63) is 93.5 Å². The van der Waals surface area contributed by atoms with E-state index in [1.165, 1.54) is 37.5 Å². The number of rotatable bonds is 9. The van der Waals surface area contributed by atoms with Gasteiger partial charge in [-0.3, -0.25) is 4.79 Å². The van der Waals surface area contributed by atoms with Gasteiger partial charge >= 0.3 is 6.61 Å². The third-order valence-electron chi connectivity index (χ3n) is 4.38. The summed E-state index contributed by atoms with van der Waals surface area (Å²) in [4.78, 5) is 12.3. The van der Waals surface area contributed by atoms with Crippen LogP contribution in [-0.4, -0.2) is 19.5 Å². The fourth-order valence-corrected chi connectivity index (χ4v) is 3.23. The summed E-state index contributed by atoms with van der Waals surface area (Å²) in [6, 6.07) is 15.8. The van der Waals surface area contributed by atoms with E-state index >= 15 is 0 Å². The summed E-state index contributed by atoms with van der Waals surface area (Å²) in [7, 11) is 1.51. The van der Waals surface area contributed by atoms with Crippen molar-refractivity contribution in [2.75, 3.05) is 7.11 Å². The Balaban J connectivity index is 1.67. The third-order valence-corrected chi connectivity index (χ3v) is 4.96. The SMILES string of the molecule is COc1cc(C=CC(=O)c2ccc(OC(F)F)cc2)ccc1OCc1ccc(Cl)cc1Cl. The highest BCUT2D eigenvalue weighted by molar-refractivity contribution is 6.35. The van der Waals surface area contributed by atoms with Gasteiger partial charge in [0, 0.05) is 21.2 Å². The van der Waals surface area contributed by atoms with Gasteiger partial charge < -0.3 is 14.2 Å². The number of carbonyl (C=O) groups is 1. The highest BCUT2D eigenvalue weighted by Crippen LogP contribution is 2.30. The van der Waals surface area contributed by atoms with E-state index in [4.69, 9.17) is 32.7 Å². The Morgan fingerprint density at radius 1 is 1.00 bits per heavy atom. The molecule has 166 valence electrons. The number of ether oxygens (including phenoxy) is 3. The smallest absolute Gasteiger partial charge is 0.387 e. The molecule has 4 nitrogen and oxygen atoms in total. The van der Waals surface area contributed by atoms with Crippen molar-refractivity contribution < 1.29 is 27.8 Å². The summed E-state index contributed by atoms with van der Waals surface area (Å²) in [6.45, 7) is -2.69. The van der Waals surface area contributed by atoms with Crippen LogP contribution in [0.25, 0.3) is 6.08 Å². The zero-order valence-electron chi connectivity index (χ0n) is 16.9. The second kappa shape index (κ2) is 11.0. The molecule has 0 saturated carbocycles. The van der Waals surface area contributed by atoms with Crippen molar-refractivity contribution in [3.8, 4) is 17.2 Å². The van der Waals surface area contributed by atoms with Gasteiger partial charge in [0.25, 0.3) is 0 Å². The molecule has 0 amide bonds. The Morgan fingerprint density at radius 2 is 1.75 bits per heavy atom. The topological polar surface area (TPSA) is 44.8 Å². The number of alkyl halides is 2. The number of methoxy groups -OCH3 is 1. The molecule has 0 radical (unpaired) electrons. The molecule has 0 aromatic heterocycles. The number of hydrogen-bond acceptors (Lipinski definition) is 4. The zero-order valence-corrected chi connectivity index (χ0v) is 18.4. The maximum atomic E-state index is 12.3. The van der Waals surface area contributed by atoms with Crippen molar-refractivity contribution in [2.24, 2.45) is 0 Å². The molecule has 0 aliphatic rings. The fraction of sp³-hybridized carbons (Fsp3) is 0.125. The molecular formula is C24H18Cl2F2O4. The first-order valence-electron chi connectivity index (χ1n) is 9.38. The molecule has 0 aliphatic carbocycles. The Kier molecular flexibility index (Phi) is 8.09. The Morgan fingerprint density at radius 3 is 2.41 bits per heavy atom. The van der Waals surface area contributed by atoms with E-state index in [2.05, 4.69) is 4.74 Å². The molecule has 0 aliphatic heterocycles. The lowest BCUT2D eigenvalue weighted by atomic mass is 10.1. The van der Waals surface area contributed by atoms with Gasteiger partial charge in [0.15, 0.2) is 17.3 Å². The lowest BCUT2D eigenvalue weighted by Gasteiger charge is -2.12. The predicted molar refractivity (Wildman–Crippen MR) is 120 cm³/mol. The molecule has 0 unspecified atom stereocenters. The summed E-state index contributed by atoms with van der Waals surface area (Å²) in [6.07, 6.45) is 3.00. The van der Waals surface area contributed by atoms with Gasteiger partial charge in [-0.15, -0.1) is 0 Å². The van der Waals surface area contributed by atoms with Crippen LogP contribution in [0.4, 0.5) is 8.78 Å². The monoisotopic (exact) mass is 478 g/mol. The average Bonchev–Trinajstić information content (AvgIpc) is 2.77. The first kappa shape index (κ1) is 23.6. The van der Waals surface area contributed by atoms with Gasteiger partial charge in [0.05, 0.1) is 7.11 Å². The van der Waals surface area contributed by atoms with E-state index < -0.39 is 6.61 Å². The van der Waals surface area contributed by atoms with E-state index in [0.717, 1.165) is 5.56 Å². The Bertz CT molecular complexity index is 1120. The predicted octanol–water partition coefficient (Wildman–Crippen LogP) is 7.08. The van der Waals surface area contributed by atoms with E-state index in [1.54, 1.807) is 42.5 Å². The van der Waals surface area contributed by atoms with Crippen LogP contribution >= 0.6 is 23.2 Å². The quantitative estimate of drug-likeness (QED) is 0.243. The molecule has 0 saturated heterocycles. The van der Waals surface area contributed by atoms with Crippen LogP contribution in [0, 0.1) is 0 Å². The summed E-state index contributed by atoms with van der Waals surface area (Å²) in [5.41, 5.74) is 1.83. The molecule has 0 heterocycles. The minimum absolute atomic E-state index is 0.0132. The molecule has 0 bridgehead atoms. The second-order valence-electron chi connectivity index (χ2n) is 6.54. The maximum absolute atomic E-state index is 12.3. The van der Waals surface area contributed by atoms with Crippen molar-refractivity contribution in [2.45, 2.75) is 13.2 Å². The molecular weight excluding hydrogens is 461 g/mol. The maximum Gasteiger partial charge on any atom is 0.387 e. The van der Waals surface area contributed by atoms with Crippen LogP contribution in [0.2, 0.25) is 10.0 Å². The van der Waals surface area contributed by atoms with Crippen LogP contribution in [0.3, 0.4) is 0 Å². The van der Waals surface area contributed by atoms with Crippen LogP contribution in [-0.2, 0) is 6.61 Å². The van der Waals surface area contributed by atoms with Gasteiger partial charge in [-0.2, -0.15) is 8.78 Å². The summed E-state index contributed by atoms with van der Waals surface area (Å²) < 4.78 is 39.9. The zero-order chi connectivity index (χ0) is 23.1. The number of halogens is 4. The minimum Gasteiger partial charge on any atom is -0.493 e. The minimum atomic E-state index is -2.92. The molecule has 3 rings (SSSR count). The Hall–Kier alpha value is -3.09. The van der Waals surface area contributed by atoms with Gasteiger partial charge in [-0.25, -0.2) is 0 Å². The number of carbonyl (C=O) groups excluding carboxylic acids is 1. The van der Waals surface area contributed by atoms with Gasteiger partial charge in [0.1, 0.15) is 12.4 Å². The van der Waals surface area contributed by atoms with Crippen LogP contribution in [0.1, 0.15) is 21.5 Å². The van der Waals surface area contributed by atoms with Gasteiger partial charge in [-0.1, -0.05) is 41.4 Å². The molecule has 8 heteroatoms. The average molecular weight is 479 g/mol. The van der Waals surface area contributed by atoms with Crippen molar-refractivity contribution >= 4 is 35.1 Å². The molecule has 0 N–H and O–H groups in total. The molecule has 0 fully saturated rings. The largest absolute Gasteiger partial charge is 0.493 e. The van der Waals surface area contributed by atoms with E-state index in [1.807, 2.05) is 0 Å². The van der Waals surface area contributed by atoms with Crippen LogP contribution < -0.4 is 14.2 Å². The van der Waals surface area contributed by atoms with E-state index in [0.29, 0.717) is 32.7 Å². The van der Waals surface area contributed by atoms with Crippen LogP contribution in [0.5, 0.6) is 17.2 Å². The molecule has 3 aromatic carbocycles. The summed E-state index contributed by atoms with van der Waals surface area (Å²) in [5.74, 6) is 0.695. The highest BCUT2D eigenvalue weighted by Gasteiger charge is 2.09. The molecule has 3 aromatic rings. The fourth-order valence-electron chi connectivity index (χ4n) is 2.77. The van der Waals surface area contributed by atoms with E-state index in [-0.39, 0.29) is 18.1 Å². The first-order valence-corrected chi connectivity index (χ1v) is 10.1. The van der Waals surface area contributed by atoms with Crippen molar-refractivity contribution in [1.29, 1.82) is 0 Å². The first-order chi connectivity index (χ1) is 15.4. The van der Waals surface area contributed by atoms with E-state index in [9.17, 15) is 13.6 Å². The highest BCUT2D eigenvalue weighted by atomic mass is 35.5. The summed E-state index contributed by atoms with van der Waals surface area (Å²) >= 11 is 12.1. The number of ketones is 1. The lowest BCUT2D eigenvalue weighted by Crippen LogP contribution is -2.02. The van der Waals surface area contributed by atoms with Crippen LogP contribution in [0.15, 0.2) is 66.7 Å². The normalized spacial score (nSPS) is 11.1. The lowest BCUT2D eigenvalue weighted by molar-refractivity contribution is -0.0498. The Labute approximate surface area is 193 Å². The van der Waals surface area contributed by atoms with Gasteiger partial charge in [-0.05, 0) is 60.2 Å². The van der Waals surface area contributed by atoms with Gasteiger partial charge in [0.2, 0.25) is 0 Å². The molecule has 32 heavy (non-hydrogen) atoms. The van der Waals surface area contributed by atoms with Crippen molar-refractivity contribution in [3.63, 3.8) is 0 Å². The third kappa shape index (κ3) is 6.45. The van der Waals surface area contributed by atoms with Crippen molar-refractivity contribution in [1.82, 2.24) is 0 Å². The number of hydrogen-bond donors (Lipinski definition) is 0. The number of allylic oxidation sites excluding steroid dienone is 1.